The third kappa shape index (κ3) is 4.68. The van der Waals surface area contributed by atoms with Gasteiger partial charge in [0, 0.05) is 23.6 Å². The molecule has 3 N–H and O–H groups in total. The van der Waals surface area contributed by atoms with Crippen LogP contribution in [0.2, 0.25) is 0 Å². The number of amides is 3. The van der Waals surface area contributed by atoms with Crippen LogP contribution in [-0.4, -0.2) is 73.1 Å². The maximum atomic E-state index is 14.4. The number of aliphatic imine (C=N–C) groups is 1. The number of alkyl halides is 1. The van der Waals surface area contributed by atoms with Crippen molar-refractivity contribution in [1.29, 1.82) is 0 Å². The lowest BCUT2D eigenvalue weighted by atomic mass is 10.0. The van der Waals surface area contributed by atoms with Crippen molar-refractivity contribution < 1.29 is 18.8 Å². The Balaban J connectivity index is 1.41. The molecule has 0 radical (unpaired) electrons. The van der Waals surface area contributed by atoms with Gasteiger partial charge >= 0.3 is 0 Å². The number of fused-ring (bicyclic) bond motifs is 1. The quantitative estimate of drug-likeness (QED) is 0.355. The molecule has 3 amide bonds. The highest BCUT2D eigenvalue weighted by Gasteiger charge is 2.40. The van der Waals surface area contributed by atoms with Gasteiger partial charge in [0.15, 0.2) is 11.5 Å². The third-order valence-electron chi connectivity index (χ3n) is 6.25. The van der Waals surface area contributed by atoms with Gasteiger partial charge in [-0.05, 0) is 42.6 Å². The fourth-order valence-electron chi connectivity index (χ4n) is 4.49. The first-order valence-electron chi connectivity index (χ1n) is 11.6. The van der Waals surface area contributed by atoms with E-state index in [1.807, 2.05) is 0 Å². The Labute approximate surface area is 215 Å². The summed E-state index contributed by atoms with van der Waals surface area (Å²) in [5, 5.41) is 15.0. The van der Waals surface area contributed by atoms with Crippen molar-refractivity contribution >= 4 is 46.8 Å². The van der Waals surface area contributed by atoms with Crippen LogP contribution < -0.4 is 11.1 Å². The highest BCUT2D eigenvalue weighted by atomic mass is 19.1. The Hall–Kier alpha value is -5.07. The van der Waals surface area contributed by atoms with E-state index in [-0.39, 0.29) is 31.0 Å². The molecule has 4 heterocycles. The number of aromatic nitrogens is 5. The number of primary amides is 1. The highest BCUT2D eigenvalue weighted by molar-refractivity contribution is 6.05. The average molecular weight is 516 g/mol. The van der Waals surface area contributed by atoms with Crippen LogP contribution in [0.15, 0.2) is 60.0 Å². The fourth-order valence-corrected chi connectivity index (χ4v) is 4.49. The summed E-state index contributed by atoms with van der Waals surface area (Å²) in [4.78, 5) is 47.4. The van der Waals surface area contributed by atoms with Crippen LogP contribution in [-0.2, 0) is 16.1 Å². The number of nitrogens with one attached hydrogen (secondary N) is 1. The summed E-state index contributed by atoms with van der Waals surface area (Å²) in [6.07, 6.45) is 3.07. The zero-order chi connectivity index (χ0) is 26.8. The van der Waals surface area contributed by atoms with Gasteiger partial charge in [-0.15, -0.1) is 0 Å². The molecule has 12 nitrogen and oxygen atoms in total. The number of benzene rings is 1. The largest absolute Gasteiger partial charge is 0.364 e. The Morgan fingerprint density at radius 1 is 1.16 bits per heavy atom. The van der Waals surface area contributed by atoms with Crippen LogP contribution in [0.5, 0.6) is 0 Å². The first-order chi connectivity index (χ1) is 18.4. The van der Waals surface area contributed by atoms with E-state index in [2.05, 4.69) is 37.3 Å². The number of halogens is 1. The molecule has 0 saturated carbocycles. The molecule has 1 aromatic carbocycles. The van der Waals surface area contributed by atoms with Crippen LogP contribution in [0.1, 0.15) is 16.9 Å². The van der Waals surface area contributed by atoms with Gasteiger partial charge in [-0.25, -0.2) is 14.4 Å². The number of pyridine rings is 1. The lowest BCUT2D eigenvalue weighted by molar-refractivity contribution is -0.137. The second-order valence-corrected chi connectivity index (χ2v) is 8.65. The molecule has 3 aromatic heterocycles. The van der Waals surface area contributed by atoms with Crippen molar-refractivity contribution in [2.24, 2.45) is 10.7 Å². The van der Waals surface area contributed by atoms with E-state index >= 15 is 0 Å². The van der Waals surface area contributed by atoms with Crippen LogP contribution in [0.25, 0.3) is 22.0 Å². The number of likely N-dealkylation sites (tertiary alicyclic amines) is 1. The number of anilines is 1. The smallest absolute Gasteiger partial charge is 0.269 e. The van der Waals surface area contributed by atoms with Crippen molar-refractivity contribution in [3.8, 4) is 11.1 Å². The van der Waals surface area contributed by atoms with Gasteiger partial charge < -0.3 is 16.0 Å². The van der Waals surface area contributed by atoms with E-state index in [0.717, 1.165) is 11.1 Å². The molecule has 0 aliphatic carbocycles. The number of hydrogen-bond acceptors (Lipinski definition) is 8. The topological polar surface area (TPSA) is 161 Å². The van der Waals surface area contributed by atoms with Gasteiger partial charge in [0.1, 0.15) is 18.8 Å². The molecule has 1 unspecified atom stereocenters. The SMILES string of the molecule is C=Nc1ncccc1NC(=O)C1C[C@@H](F)CN1C(=O)Cn1nc(C(N)=O)c2cc(-c3ccnnc3)ccc21. The summed E-state index contributed by atoms with van der Waals surface area (Å²) in [6, 6.07) is 9.11. The van der Waals surface area contributed by atoms with Gasteiger partial charge in [-0.1, -0.05) is 6.07 Å². The Morgan fingerprint density at radius 3 is 2.74 bits per heavy atom. The monoisotopic (exact) mass is 515 g/mol. The van der Waals surface area contributed by atoms with E-state index in [1.54, 1.807) is 48.8 Å². The molecule has 13 heteroatoms. The molecule has 0 bridgehead atoms. The molecule has 2 atom stereocenters. The fraction of sp³-hybridized carbons (Fsp3) is 0.200. The van der Waals surface area contributed by atoms with Crippen LogP contribution >= 0.6 is 0 Å². The predicted octanol–water partition coefficient (Wildman–Crippen LogP) is 1.90. The van der Waals surface area contributed by atoms with Crippen LogP contribution in [0.3, 0.4) is 0 Å². The van der Waals surface area contributed by atoms with Gasteiger partial charge in [0.05, 0.1) is 30.1 Å². The van der Waals surface area contributed by atoms with E-state index < -0.39 is 29.9 Å². The average Bonchev–Trinajstić information content (AvgIpc) is 3.50. The Bertz CT molecular complexity index is 1560. The number of nitrogens with two attached hydrogens (primary N) is 1. The molecule has 192 valence electrons. The number of carbonyl (C=O) groups excluding carboxylic acids is 3. The van der Waals surface area contributed by atoms with Crippen molar-refractivity contribution in [2.75, 3.05) is 11.9 Å². The minimum absolute atomic E-state index is 0.0169. The zero-order valence-electron chi connectivity index (χ0n) is 20.0. The summed E-state index contributed by atoms with van der Waals surface area (Å²) < 4.78 is 15.8. The molecular weight excluding hydrogens is 493 g/mol. The molecule has 1 aliphatic heterocycles. The van der Waals surface area contributed by atoms with Crippen molar-refractivity contribution in [1.82, 2.24) is 29.9 Å². The Morgan fingerprint density at radius 2 is 2.00 bits per heavy atom. The second kappa shape index (κ2) is 10.1. The van der Waals surface area contributed by atoms with E-state index in [1.165, 1.54) is 15.8 Å². The lowest BCUT2D eigenvalue weighted by Crippen LogP contribution is -2.44. The minimum Gasteiger partial charge on any atom is -0.364 e. The first kappa shape index (κ1) is 24.6. The molecule has 4 aromatic rings. The highest BCUT2D eigenvalue weighted by Crippen LogP contribution is 2.28. The van der Waals surface area contributed by atoms with Crippen LogP contribution in [0, 0.1) is 0 Å². The third-order valence-corrected chi connectivity index (χ3v) is 6.25. The van der Waals surface area contributed by atoms with Gasteiger partial charge in [-0.3, -0.25) is 19.1 Å². The number of nitrogens with zero attached hydrogens (tertiary/aromatic N) is 7. The molecule has 1 aliphatic rings. The molecule has 1 fully saturated rings. The Kier molecular flexibility index (Phi) is 6.56. The van der Waals surface area contributed by atoms with E-state index in [9.17, 15) is 18.8 Å². The molecule has 38 heavy (non-hydrogen) atoms. The zero-order valence-corrected chi connectivity index (χ0v) is 20.0. The molecule has 5 rings (SSSR count). The lowest BCUT2D eigenvalue weighted by Gasteiger charge is -2.24. The predicted molar refractivity (Wildman–Crippen MR) is 136 cm³/mol. The summed E-state index contributed by atoms with van der Waals surface area (Å²) in [6.45, 7) is 2.84. The van der Waals surface area contributed by atoms with Gasteiger partial charge in [-0.2, -0.15) is 15.3 Å². The summed E-state index contributed by atoms with van der Waals surface area (Å²) >= 11 is 0. The first-order valence-corrected chi connectivity index (χ1v) is 11.6. The maximum Gasteiger partial charge on any atom is 0.269 e. The van der Waals surface area contributed by atoms with E-state index in [4.69, 9.17) is 5.73 Å². The summed E-state index contributed by atoms with van der Waals surface area (Å²) in [7, 11) is 0. The number of rotatable bonds is 7. The maximum absolute atomic E-state index is 14.4. The minimum atomic E-state index is -1.38. The molecule has 1 saturated heterocycles. The standard InChI is InChI=1S/C25H22FN9O3/c1-28-24-18(3-2-7-29-24)32-25(38)20-10-16(26)12-34(20)21(36)13-35-19-5-4-14(15-6-8-30-31-11-15)9-17(19)22(33-35)23(27)37/h2-9,11,16,20H,1,10,12-13H2,(H2,27,37)(H,32,38)/t16-,20?/m1/s1. The van der Waals surface area contributed by atoms with E-state index in [0.29, 0.717) is 16.6 Å². The number of hydrogen-bond donors (Lipinski definition) is 2. The molecule has 0 spiro atoms. The van der Waals surface area contributed by atoms with Crippen molar-refractivity contribution in [3.05, 3.63) is 60.7 Å². The molecular formula is C25H22FN9O3. The van der Waals surface area contributed by atoms with Crippen molar-refractivity contribution in [3.63, 3.8) is 0 Å². The van der Waals surface area contributed by atoms with Gasteiger partial charge in [0.2, 0.25) is 11.8 Å². The summed E-state index contributed by atoms with van der Waals surface area (Å²) in [5.41, 5.74) is 7.84. The number of carbonyl (C=O) groups is 3. The van der Waals surface area contributed by atoms with Crippen molar-refractivity contribution in [2.45, 2.75) is 25.2 Å². The van der Waals surface area contributed by atoms with Crippen LogP contribution in [0.4, 0.5) is 15.9 Å². The normalized spacial score (nSPS) is 16.9. The van der Waals surface area contributed by atoms with Gasteiger partial charge in [0.25, 0.3) is 5.91 Å². The summed E-state index contributed by atoms with van der Waals surface area (Å²) in [5.74, 6) is -1.68. The second-order valence-electron chi connectivity index (χ2n) is 8.65.